The normalized spacial score (nSPS) is 14.9. The van der Waals surface area contributed by atoms with Gasteiger partial charge >= 0.3 is 52.5 Å². The fraction of sp³-hybridized carbons (Fsp3) is 0.727. The van der Waals surface area contributed by atoms with E-state index < -0.39 is 15.7 Å². The third-order valence-corrected chi connectivity index (χ3v) is 7.87. The van der Waals surface area contributed by atoms with Crippen LogP contribution in [-0.2, 0) is 31.9 Å². The fourth-order valence-electron chi connectivity index (χ4n) is 3.16. The van der Waals surface area contributed by atoms with E-state index in [0.29, 0.717) is 0 Å². The summed E-state index contributed by atoms with van der Waals surface area (Å²) in [5.74, 6) is 0. The molecule has 1 aromatic rings. The zero-order valence-corrected chi connectivity index (χ0v) is 25.9. The molecule has 0 bridgehead atoms. The van der Waals surface area contributed by atoms with Crippen LogP contribution in [0.4, 0.5) is 25.2 Å². The van der Waals surface area contributed by atoms with Gasteiger partial charge in [-0.2, -0.15) is 0 Å². The Morgan fingerprint density at radius 1 is 0.882 bits per heavy atom. The average molecular weight is 629 g/mol. The molecule has 0 aromatic carbocycles. The summed E-state index contributed by atoms with van der Waals surface area (Å²) in [6.07, 6.45) is 9.71. The predicted octanol–water partition coefficient (Wildman–Crippen LogP) is 9.74. The Morgan fingerprint density at radius 2 is 1.15 bits per heavy atom. The van der Waals surface area contributed by atoms with E-state index in [-0.39, 0.29) is 39.7 Å². The van der Waals surface area contributed by atoms with Gasteiger partial charge in [0, 0.05) is 25.2 Å². The van der Waals surface area contributed by atoms with Crippen LogP contribution in [0.25, 0.3) is 0 Å². The van der Waals surface area contributed by atoms with Crippen molar-refractivity contribution in [3.05, 3.63) is 26.7 Å². The summed E-state index contributed by atoms with van der Waals surface area (Å²) in [4.78, 5) is 4.93. The van der Waals surface area contributed by atoms with Crippen molar-refractivity contribution in [3.8, 4) is 6.57 Å². The SMILES string of the molecule is C#N.C1CCCC1.CC(C)[PH+](c1nc(C(C)(C)C)cn1C)C(C)C.F[P-](F)(F)(F)(F)F.[CH3-].[CH3-].[Ru+3]. The molecular formula is C22H45F6N3P2Ru+. The Kier molecular flexibility index (Phi) is 20.3. The van der Waals surface area contributed by atoms with E-state index in [9.17, 15) is 25.2 Å². The number of hydrogen-bond acceptors (Lipinski definition) is 2. The molecule has 1 heterocycles. The second kappa shape index (κ2) is 15.8. The molecule has 12 heteroatoms. The van der Waals surface area contributed by atoms with Gasteiger partial charge in [0.15, 0.2) is 0 Å². The summed E-state index contributed by atoms with van der Waals surface area (Å²) in [7, 11) is -9.08. The Bertz CT molecular complexity index is 651. The molecule has 0 atom stereocenters. The quantitative estimate of drug-likeness (QED) is 0.145. The van der Waals surface area contributed by atoms with E-state index in [1.54, 1.807) is 0 Å². The number of nitrogens with zero attached hydrogens (tertiary/aromatic N) is 3. The zero-order chi connectivity index (χ0) is 25.3. The summed E-state index contributed by atoms with van der Waals surface area (Å²) in [5, 5.41) is 6.50. The minimum Gasteiger partial charge on any atom is -0.358 e. The summed E-state index contributed by atoms with van der Waals surface area (Å²) < 4.78 is 61.5. The summed E-state index contributed by atoms with van der Waals surface area (Å²) in [6.45, 7) is 19.5. The van der Waals surface area contributed by atoms with Gasteiger partial charge in [0.1, 0.15) is 0 Å². The second-order valence-electron chi connectivity index (χ2n) is 9.30. The van der Waals surface area contributed by atoms with Crippen LogP contribution in [0.2, 0.25) is 0 Å². The number of rotatable bonds is 3. The number of imidazole rings is 1. The van der Waals surface area contributed by atoms with Gasteiger partial charge in [0.2, 0.25) is 0 Å². The van der Waals surface area contributed by atoms with Crippen molar-refractivity contribution in [2.45, 2.75) is 97.3 Å². The minimum atomic E-state index is -10.7. The first-order chi connectivity index (χ1) is 13.6. The Hall–Kier alpha value is -0.237. The predicted molar refractivity (Wildman–Crippen MR) is 136 cm³/mol. The fourth-order valence-corrected chi connectivity index (χ4v) is 6.25. The third kappa shape index (κ3) is 24.9. The topological polar surface area (TPSA) is 41.6 Å². The summed E-state index contributed by atoms with van der Waals surface area (Å²) >= 11 is 0. The Balaban J connectivity index is -0.000000138. The standard InChI is InChI=1S/C14H27N2P.C5H10.CHN.2CH3.F6P.Ru/c1-10(2)17(11(3)4)13-15-12(9-16(13)8)14(5,6)7;1-2-4-5-3-1;1-2;;;1-7(2,3,4,5)6;/h9-11H,1-8H3;1-5H2;1H;2*1H3;;/q;;;3*-1;+3/p+1. The monoisotopic (exact) mass is 629 g/mol. The van der Waals surface area contributed by atoms with Crippen molar-refractivity contribution >= 4 is 21.3 Å². The van der Waals surface area contributed by atoms with E-state index in [1.165, 1.54) is 43.4 Å². The van der Waals surface area contributed by atoms with Crippen LogP contribution in [0.1, 0.15) is 86.3 Å². The van der Waals surface area contributed by atoms with Gasteiger partial charge in [-0.05, 0) is 27.7 Å². The van der Waals surface area contributed by atoms with Crippen molar-refractivity contribution in [1.82, 2.24) is 9.55 Å². The number of hydrogen-bond donors (Lipinski definition) is 0. The van der Waals surface area contributed by atoms with E-state index in [4.69, 9.17) is 10.2 Å². The first-order valence-electron chi connectivity index (χ1n) is 10.3. The molecule has 0 aliphatic heterocycles. The van der Waals surface area contributed by atoms with Crippen molar-refractivity contribution in [2.75, 3.05) is 0 Å². The van der Waals surface area contributed by atoms with Crippen molar-refractivity contribution < 1.29 is 44.7 Å². The molecule has 2 rings (SSSR count). The zero-order valence-electron chi connectivity index (χ0n) is 22.3. The smallest absolute Gasteiger partial charge is 0.358 e. The van der Waals surface area contributed by atoms with E-state index in [2.05, 4.69) is 72.8 Å². The van der Waals surface area contributed by atoms with Crippen LogP contribution in [0.15, 0.2) is 6.20 Å². The second-order valence-corrected chi connectivity index (χ2v) is 14.9. The van der Waals surface area contributed by atoms with Crippen LogP contribution >= 0.6 is 15.7 Å². The van der Waals surface area contributed by atoms with Gasteiger partial charge in [-0.25, -0.2) is 10.2 Å². The average Bonchev–Trinajstić information content (AvgIpc) is 3.19. The molecule has 1 aromatic heterocycles. The molecule has 1 fully saturated rings. The number of aryl methyl sites for hydroxylation is 1. The molecule has 0 spiro atoms. The first-order valence-corrected chi connectivity index (χ1v) is 14.0. The maximum absolute atomic E-state index is 10.7. The van der Waals surface area contributed by atoms with Gasteiger partial charge in [-0.3, -0.25) is 0 Å². The van der Waals surface area contributed by atoms with Gasteiger partial charge in [-0.15, -0.1) is 0 Å². The van der Waals surface area contributed by atoms with Gasteiger partial charge in [0.25, 0.3) is 5.57 Å². The van der Waals surface area contributed by atoms with Crippen LogP contribution < -0.4 is 5.57 Å². The summed E-state index contributed by atoms with van der Waals surface area (Å²) in [6, 6.07) is 0. The minimum absolute atomic E-state index is 0. The number of aromatic nitrogens is 2. The molecule has 207 valence electrons. The van der Waals surface area contributed by atoms with Crippen molar-refractivity contribution in [1.29, 1.82) is 5.26 Å². The summed E-state index contributed by atoms with van der Waals surface area (Å²) in [5.41, 5.74) is 4.17. The first kappa shape index (κ1) is 43.8. The Labute approximate surface area is 218 Å². The Morgan fingerprint density at radius 3 is 1.32 bits per heavy atom. The van der Waals surface area contributed by atoms with Gasteiger partial charge in [-0.1, -0.05) is 52.9 Å². The maximum Gasteiger partial charge on any atom is 3.00 e. The molecule has 1 radical (unpaired) electrons. The van der Waals surface area contributed by atoms with E-state index in [0.717, 1.165) is 11.3 Å². The number of halogens is 6. The van der Waals surface area contributed by atoms with Gasteiger partial charge in [0.05, 0.1) is 24.9 Å². The molecule has 0 unspecified atom stereocenters. The van der Waals surface area contributed by atoms with E-state index >= 15 is 0 Å². The van der Waals surface area contributed by atoms with Crippen LogP contribution in [0.3, 0.4) is 0 Å². The van der Waals surface area contributed by atoms with Crippen LogP contribution in [0, 0.1) is 26.7 Å². The van der Waals surface area contributed by atoms with Gasteiger partial charge < -0.3 is 19.4 Å². The number of nitriles is 1. The molecule has 34 heavy (non-hydrogen) atoms. The largest absolute Gasteiger partial charge is 3.00 e. The molecule has 0 amide bonds. The molecule has 1 aliphatic carbocycles. The van der Waals surface area contributed by atoms with E-state index in [1.807, 2.05) is 0 Å². The maximum atomic E-state index is 9.87. The molecule has 3 nitrogen and oxygen atoms in total. The molecule has 0 N–H and O–H groups in total. The molecule has 1 aliphatic rings. The van der Waals surface area contributed by atoms with Crippen LogP contribution in [-0.4, -0.2) is 20.9 Å². The van der Waals surface area contributed by atoms with Crippen LogP contribution in [0.5, 0.6) is 0 Å². The third-order valence-electron chi connectivity index (χ3n) is 4.40. The molecular weight excluding hydrogens is 583 g/mol. The molecule has 0 saturated heterocycles. The van der Waals surface area contributed by atoms with Crippen molar-refractivity contribution in [2.24, 2.45) is 7.05 Å². The molecule has 1 saturated carbocycles. The van der Waals surface area contributed by atoms with Crippen molar-refractivity contribution in [3.63, 3.8) is 0 Å².